The number of rotatable bonds is 4. The van der Waals surface area contributed by atoms with Crippen molar-refractivity contribution in [2.45, 2.75) is 0 Å². The first-order valence-corrected chi connectivity index (χ1v) is 17.8. The molecule has 6 heteroatoms. The molecule has 11 aromatic rings. The van der Waals surface area contributed by atoms with Crippen molar-refractivity contribution in [3.63, 3.8) is 0 Å². The first kappa shape index (κ1) is 28.2. The standard InChI is InChI=1S/C45H26N4OS/c1-5-18-36-30(13-1)31-14-2-6-19-37(31)49(36)29-12-9-11-27(25-29)43-46-44(28-23-24-39-35(26-28)32-15-3-7-20-38(32)50-39)48-45(47-43)34-17-10-22-41-42(34)33-16-4-8-21-40(33)51-41/h1-26H. The Labute approximate surface area is 295 Å². The van der Waals surface area contributed by atoms with Crippen molar-refractivity contribution in [2.24, 2.45) is 0 Å². The van der Waals surface area contributed by atoms with E-state index in [-0.39, 0.29) is 0 Å². The average Bonchev–Trinajstić information content (AvgIpc) is 3.87. The number of nitrogens with zero attached hydrogens (tertiary/aromatic N) is 4. The molecule has 0 amide bonds. The first-order valence-electron chi connectivity index (χ1n) is 16.9. The van der Waals surface area contributed by atoms with Gasteiger partial charge in [-0.3, -0.25) is 0 Å². The van der Waals surface area contributed by atoms with Gasteiger partial charge in [-0.15, -0.1) is 11.3 Å². The minimum Gasteiger partial charge on any atom is -0.456 e. The van der Waals surface area contributed by atoms with Gasteiger partial charge in [0.1, 0.15) is 11.2 Å². The van der Waals surface area contributed by atoms with E-state index in [4.69, 9.17) is 19.4 Å². The molecule has 238 valence electrons. The monoisotopic (exact) mass is 670 g/mol. The van der Waals surface area contributed by atoms with E-state index in [1.54, 1.807) is 11.3 Å². The predicted octanol–water partition coefficient (Wildman–Crippen LogP) is 12.2. The zero-order chi connectivity index (χ0) is 33.5. The molecule has 0 bridgehead atoms. The predicted molar refractivity (Wildman–Crippen MR) is 211 cm³/mol. The molecular weight excluding hydrogens is 645 g/mol. The lowest BCUT2D eigenvalue weighted by atomic mass is 10.0. The van der Waals surface area contributed by atoms with Crippen LogP contribution in [0.3, 0.4) is 0 Å². The SMILES string of the molecule is c1cc(-c2nc(-c3ccc4oc5ccccc5c4c3)nc(-c3cccc4sc5ccccc5c34)n2)cc(-n2c3ccccc3c3ccccc32)c1. The average molecular weight is 671 g/mol. The van der Waals surface area contributed by atoms with Crippen LogP contribution in [0.4, 0.5) is 0 Å². The lowest BCUT2D eigenvalue weighted by Crippen LogP contribution is -2.01. The molecule has 0 atom stereocenters. The van der Waals surface area contributed by atoms with E-state index >= 15 is 0 Å². The third kappa shape index (κ3) is 4.37. The molecule has 0 N–H and O–H groups in total. The molecule has 5 nitrogen and oxygen atoms in total. The molecule has 0 aliphatic rings. The number of thiophene rings is 1. The fourth-order valence-corrected chi connectivity index (χ4v) is 8.70. The number of fused-ring (bicyclic) bond motifs is 9. The van der Waals surface area contributed by atoms with Gasteiger partial charge in [0.25, 0.3) is 0 Å². The molecule has 7 aromatic carbocycles. The minimum atomic E-state index is 0.612. The molecule has 0 radical (unpaired) electrons. The Morgan fingerprint density at radius 1 is 0.431 bits per heavy atom. The van der Waals surface area contributed by atoms with Gasteiger partial charge in [0.05, 0.1) is 11.0 Å². The lowest BCUT2D eigenvalue weighted by molar-refractivity contribution is 0.669. The van der Waals surface area contributed by atoms with Gasteiger partial charge in [-0.05, 0) is 60.7 Å². The fraction of sp³-hybridized carbons (Fsp3) is 0. The maximum Gasteiger partial charge on any atom is 0.164 e. The van der Waals surface area contributed by atoms with Crippen molar-refractivity contribution in [1.29, 1.82) is 0 Å². The smallest absolute Gasteiger partial charge is 0.164 e. The summed E-state index contributed by atoms with van der Waals surface area (Å²) in [6.45, 7) is 0. The normalized spacial score (nSPS) is 11.9. The highest BCUT2D eigenvalue weighted by Crippen LogP contribution is 2.40. The second-order valence-electron chi connectivity index (χ2n) is 12.8. The summed E-state index contributed by atoms with van der Waals surface area (Å²) < 4.78 is 10.9. The molecule has 0 saturated heterocycles. The maximum absolute atomic E-state index is 6.16. The molecular formula is C45H26N4OS. The Balaban J connectivity index is 1.16. The summed E-state index contributed by atoms with van der Waals surface area (Å²) in [6.07, 6.45) is 0. The second-order valence-corrected chi connectivity index (χ2v) is 13.9. The quantitative estimate of drug-likeness (QED) is 0.187. The molecule has 11 rings (SSSR count). The van der Waals surface area contributed by atoms with E-state index in [0.717, 1.165) is 60.7 Å². The fourth-order valence-electron chi connectivity index (χ4n) is 7.57. The van der Waals surface area contributed by atoms with E-state index in [1.165, 1.54) is 25.6 Å². The molecule has 0 aliphatic carbocycles. The van der Waals surface area contributed by atoms with Crippen molar-refractivity contribution < 1.29 is 4.42 Å². The van der Waals surface area contributed by atoms with Gasteiger partial charge in [0.2, 0.25) is 0 Å². The van der Waals surface area contributed by atoms with Gasteiger partial charge in [0, 0.05) is 64.1 Å². The van der Waals surface area contributed by atoms with Crippen molar-refractivity contribution in [3.05, 3.63) is 158 Å². The molecule has 0 saturated carbocycles. The highest BCUT2D eigenvalue weighted by Gasteiger charge is 2.19. The number of aromatic nitrogens is 4. The van der Waals surface area contributed by atoms with Crippen molar-refractivity contribution in [2.75, 3.05) is 0 Å². The third-order valence-electron chi connectivity index (χ3n) is 9.86. The van der Waals surface area contributed by atoms with Gasteiger partial charge in [-0.1, -0.05) is 97.1 Å². The van der Waals surface area contributed by atoms with E-state index in [0.29, 0.717) is 17.5 Å². The first-order chi connectivity index (χ1) is 25.3. The summed E-state index contributed by atoms with van der Waals surface area (Å²) in [4.78, 5) is 15.6. The summed E-state index contributed by atoms with van der Waals surface area (Å²) in [5, 5.41) is 6.92. The van der Waals surface area contributed by atoms with Gasteiger partial charge in [-0.2, -0.15) is 0 Å². The Kier molecular flexibility index (Phi) is 6.05. The summed E-state index contributed by atoms with van der Waals surface area (Å²) in [7, 11) is 0. The highest BCUT2D eigenvalue weighted by molar-refractivity contribution is 7.25. The molecule has 0 fully saturated rings. The Bertz CT molecular complexity index is 3120. The number of furan rings is 1. The van der Waals surface area contributed by atoms with E-state index in [9.17, 15) is 0 Å². The van der Waals surface area contributed by atoms with Crippen LogP contribution >= 0.6 is 11.3 Å². The van der Waals surface area contributed by atoms with Gasteiger partial charge in [-0.25, -0.2) is 15.0 Å². The third-order valence-corrected chi connectivity index (χ3v) is 11.0. The van der Waals surface area contributed by atoms with Crippen LogP contribution in [0.25, 0.3) is 104 Å². The summed E-state index contributed by atoms with van der Waals surface area (Å²) in [6, 6.07) is 55.0. The van der Waals surface area contributed by atoms with E-state index in [2.05, 4.69) is 132 Å². The zero-order valence-electron chi connectivity index (χ0n) is 27.1. The van der Waals surface area contributed by atoms with Crippen LogP contribution in [0.5, 0.6) is 0 Å². The molecule has 0 spiro atoms. The Morgan fingerprint density at radius 3 is 1.84 bits per heavy atom. The Morgan fingerprint density at radius 2 is 1.04 bits per heavy atom. The van der Waals surface area contributed by atoms with Crippen LogP contribution in [0, 0.1) is 0 Å². The molecule has 0 aliphatic heterocycles. The van der Waals surface area contributed by atoms with E-state index < -0.39 is 0 Å². The van der Waals surface area contributed by atoms with Crippen molar-refractivity contribution >= 4 is 75.3 Å². The number of para-hydroxylation sites is 3. The minimum absolute atomic E-state index is 0.612. The van der Waals surface area contributed by atoms with Crippen molar-refractivity contribution in [3.8, 4) is 39.9 Å². The molecule has 0 unspecified atom stereocenters. The molecule has 51 heavy (non-hydrogen) atoms. The van der Waals surface area contributed by atoms with E-state index in [1.807, 2.05) is 30.3 Å². The van der Waals surface area contributed by atoms with Gasteiger partial charge >= 0.3 is 0 Å². The number of hydrogen-bond acceptors (Lipinski definition) is 5. The van der Waals surface area contributed by atoms with Crippen LogP contribution < -0.4 is 0 Å². The number of hydrogen-bond donors (Lipinski definition) is 0. The summed E-state index contributed by atoms with van der Waals surface area (Å²) in [5.74, 6) is 1.87. The van der Waals surface area contributed by atoms with Crippen LogP contribution in [0.2, 0.25) is 0 Å². The summed E-state index contributed by atoms with van der Waals surface area (Å²) in [5.41, 5.74) is 7.86. The van der Waals surface area contributed by atoms with Crippen LogP contribution in [-0.2, 0) is 0 Å². The van der Waals surface area contributed by atoms with Crippen LogP contribution in [0.15, 0.2) is 162 Å². The van der Waals surface area contributed by atoms with Gasteiger partial charge in [0.15, 0.2) is 17.5 Å². The largest absolute Gasteiger partial charge is 0.456 e. The highest BCUT2D eigenvalue weighted by atomic mass is 32.1. The van der Waals surface area contributed by atoms with Crippen LogP contribution in [-0.4, -0.2) is 19.5 Å². The lowest BCUT2D eigenvalue weighted by Gasteiger charge is -2.12. The Hall–Kier alpha value is -6.63. The number of benzene rings is 7. The maximum atomic E-state index is 6.16. The van der Waals surface area contributed by atoms with Gasteiger partial charge < -0.3 is 8.98 Å². The second kappa shape index (κ2) is 10.9. The van der Waals surface area contributed by atoms with Crippen LogP contribution in [0.1, 0.15) is 0 Å². The topological polar surface area (TPSA) is 56.7 Å². The van der Waals surface area contributed by atoms with Crippen molar-refractivity contribution in [1.82, 2.24) is 19.5 Å². The zero-order valence-corrected chi connectivity index (χ0v) is 27.9. The summed E-state index contributed by atoms with van der Waals surface area (Å²) >= 11 is 1.79. The molecule has 4 heterocycles. The molecule has 4 aromatic heterocycles.